The number of carbonyl (C=O) groups is 1. The van der Waals surface area contributed by atoms with Crippen LogP contribution in [0.2, 0.25) is 0 Å². The minimum absolute atomic E-state index is 0. The first-order valence-corrected chi connectivity index (χ1v) is 10.4. The first kappa shape index (κ1) is 25.0. The highest BCUT2D eigenvalue weighted by Gasteiger charge is 2.11. The summed E-state index contributed by atoms with van der Waals surface area (Å²) in [4.78, 5) is 18.4. The highest BCUT2D eigenvalue weighted by Crippen LogP contribution is 2.08. The lowest BCUT2D eigenvalue weighted by Gasteiger charge is -2.18. The Morgan fingerprint density at radius 2 is 1.77 bits per heavy atom. The van der Waals surface area contributed by atoms with Crippen LogP contribution in [0.4, 0.5) is 0 Å². The molecule has 1 rings (SSSR count). The molecule has 0 aromatic heterocycles. The molecular weight excluding hydrogens is 459 g/mol. The Hall–Kier alpha value is -0.960. The molecular formula is C19H33IN4OS. The van der Waals surface area contributed by atoms with Crippen LogP contribution in [0.1, 0.15) is 42.6 Å². The minimum Gasteiger partial charge on any atom is -0.356 e. The van der Waals surface area contributed by atoms with Crippen LogP contribution in [0.5, 0.6) is 0 Å². The summed E-state index contributed by atoms with van der Waals surface area (Å²) in [6.07, 6.45) is 4.49. The van der Waals surface area contributed by atoms with Gasteiger partial charge in [0.1, 0.15) is 0 Å². The fraction of sp³-hybridized carbons (Fsp3) is 0.579. The molecule has 0 radical (unpaired) electrons. The Labute approximate surface area is 179 Å². The van der Waals surface area contributed by atoms with E-state index in [1.807, 2.05) is 54.8 Å². The zero-order valence-corrected chi connectivity index (χ0v) is 19.5. The molecule has 1 aromatic carbocycles. The summed E-state index contributed by atoms with van der Waals surface area (Å²) >= 11 is 1.88. The highest BCUT2D eigenvalue weighted by molar-refractivity contribution is 14.0. The zero-order valence-electron chi connectivity index (χ0n) is 16.4. The van der Waals surface area contributed by atoms with Gasteiger partial charge in [-0.15, -0.1) is 24.0 Å². The van der Waals surface area contributed by atoms with Crippen molar-refractivity contribution in [2.24, 2.45) is 4.99 Å². The second-order valence-electron chi connectivity index (χ2n) is 5.73. The van der Waals surface area contributed by atoms with Crippen molar-refractivity contribution in [3.8, 4) is 0 Å². The van der Waals surface area contributed by atoms with Crippen LogP contribution in [-0.2, 0) is 6.54 Å². The Morgan fingerprint density at radius 3 is 2.31 bits per heavy atom. The minimum atomic E-state index is 0. The van der Waals surface area contributed by atoms with E-state index < -0.39 is 0 Å². The van der Waals surface area contributed by atoms with Crippen molar-refractivity contribution in [1.29, 1.82) is 0 Å². The summed E-state index contributed by atoms with van der Waals surface area (Å²) in [7, 11) is 1.78. The van der Waals surface area contributed by atoms with Gasteiger partial charge in [0.05, 0.1) is 0 Å². The average Bonchev–Trinajstić information content (AvgIpc) is 2.65. The lowest BCUT2D eigenvalue weighted by Crippen LogP contribution is -2.37. The van der Waals surface area contributed by atoms with Gasteiger partial charge in [0.2, 0.25) is 0 Å². The number of hydrogen-bond acceptors (Lipinski definition) is 3. The maximum absolute atomic E-state index is 12.3. The van der Waals surface area contributed by atoms with Crippen molar-refractivity contribution < 1.29 is 4.79 Å². The molecule has 2 N–H and O–H groups in total. The number of thioether (sulfide) groups is 1. The van der Waals surface area contributed by atoms with Crippen LogP contribution in [0.25, 0.3) is 0 Å². The van der Waals surface area contributed by atoms with Crippen LogP contribution in [0.15, 0.2) is 29.3 Å². The van der Waals surface area contributed by atoms with Gasteiger partial charge in [-0.3, -0.25) is 9.79 Å². The number of halogens is 1. The molecule has 0 heterocycles. The van der Waals surface area contributed by atoms with E-state index in [0.717, 1.165) is 43.1 Å². The number of hydrogen-bond donors (Lipinski definition) is 2. The first-order valence-electron chi connectivity index (χ1n) is 8.97. The molecule has 0 atom stereocenters. The van der Waals surface area contributed by atoms with Crippen LogP contribution >= 0.6 is 35.7 Å². The Balaban J connectivity index is 0.00000625. The van der Waals surface area contributed by atoms with E-state index in [9.17, 15) is 4.79 Å². The van der Waals surface area contributed by atoms with Crippen LogP contribution < -0.4 is 10.6 Å². The second kappa shape index (κ2) is 15.1. The van der Waals surface area contributed by atoms with Crippen molar-refractivity contribution in [2.45, 2.75) is 33.2 Å². The van der Waals surface area contributed by atoms with Crippen molar-refractivity contribution in [1.82, 2.24) is 15.5 Å². The molecule has 0 saturated heterocycles. The number of guanidine groups is 1. The number of carbonyl (C=O) groups excluding carboxylic acids is 1. The zero-order chi connectivity index (χ0) is 18.5. The van der Waals surface area contributed by atoms with E-state index >= 15 is 0 Å². The molecule has 7 heteroatoms. The molecule has 0 aliphatic carbocycles. The predicted octanol–water partition coefficient (Wildman–Crippen LogP) is 3.59. The standard InChI is InChI=1S/C19H32N4OS.HI/c1-5-23(6-2)18(24)17-11-9-16(10-12-17)15-22-19(20-3)21-13-7-8-14-25-4;/h9-12H,5-8,13-15H2,1-4H3,(H2,20,21,22);1H. The lowest BCUT2D eigenvalue weighted by atomic mass is 10.1. The summed E-state index contributed by atoms with van der Waals surface area (Å²) in [6.45, 7) is 7.08. The SMILES string of the molecule is CCN(CC)C(=O)c1ccc(CNC(=NC)NCCCCSC)cc1.I. The van der Waals surface area contributed by atoms with Gasteiger partial charge in [-0.1, -0.05) is 12.1 Å². The quantitative estimate of drug-likeness (QED) is 0.227. The molecule has 5 nitrogen and oxygen atoms in total. The van der Waals surface area contributed by atoms with Crippen molar-refractivity contribution >= 4 is 47.6 Å². The largest absolute Gasteiger partial charge is 0.356 e. The van der Waals surface area contributed by atoms with Crippen molar-refractivity contribution in [3.63, 3.8) is 0 Å². The van der Waals surface area contributed by atoms with Crippen molar-refractivity contribution in [2.75, 3.05) is 38.7 Å². The molecule has 1 amide bonds. The molecule has 0 saturated carbocycles. The third-order valence-corrected chi connectivity index (χ3v) is 4.70. The molecule has 1 aromatic rings. The Bertz CT molecular complexity index is 533. The molecule has 0 unspecified atom stereocenters. The third kappa shape index (κ3) is 9.12. The lowest BCUT2D eigenvalue weighted by molar-refractivity contribution is 0.0773. The van der Waals surface area contributed by atoms with Crippen LogP contribution in [0.3, 0.4) is 0 Å². The number of unbranched alkanes of at least 4 members (excludes halogenated alkanes) is 1. The Kier molecular flexibility index (Phi) is 14.6. The average molecular weight is 492 g/mol. The normalized spacial score (nSPS) is 10.8. The van der Waals surface area contributed by atoms with E-state index in [1.165, 1.54) is 12.2 Å². The smallest absolute Gasteiger partial charge is 0.253 e. The van der Waals surface area contributed by atoms with Gasteiger partial charge in [-0.2, -0.15) is 11.8 Å². The van der Waals surface area contributed by atoms with Gasteiger partial charge >= 0.3 is 0 Å². The topological polar surface area (TPSA) is 56.7 Å². The monoisotopic (exact) mass is 492 g/mol. The first-order chi connectivity index (χ1) is 12.2. The number of amides is 1. The molecule has 0 spiro atoms. The number of rotatable bonds is 10. The van der Waals surface area contributed by atoms with Gasteiger partial charge in [-0.25, -0.2) is 0 Å². The summed E-state index contributed by atoms with van der Waals surface area (Å²) in [6, 6.07) is 7.79. The predicted molar refractivity (Wildman–Crippen MR) is 125 cm³/mol. The molecule has 0 aliphatic rings. The maximum atomic E-state index is 12.3. The fourth-order valence-corrected chi connectivity index (χ4v) is 2.94. The van der Waals surface area contributed by atoms with Gasteiger partial charge in [0, 0.05) is 38.8 Å². The van der Waals surface area contributed by atoms with Gasteiger partial charge in [0.25, 0.3) is 5.91 Å². The highest BCUT2D eigenvalue weighted by atomic mass is 127. The summed E-state index contributed by atoms with van der Waals surface area (Å²) in [5.74, 6) is 2.10. The number of nitrogens with zero attached hydrogens (tertiary/aromatic N) is 2. The van der Waals surface area contributed by atoms with Gasteiger partial charge in [0.15, 0.2) is 5.96 Å². The van der Waals surface area contributed by atoms with Gasteiger partial charge in [-0.05, 0) is 56.4 Å². The molecule has 0 aliphatic heterocycles. The van der Waals surface area contributed by atoms with Crippen LogP contribution in [0, 0.1) is 0 Å². The van der Waals surface area contributed by atoms with E-state index in [2.05, 4.69) is 21.9 Å². The molecule has 148 valence electrons. The van der Waals surface area contributed by atoms with Gasteiger partial charge < -0.3 is 15.5 Å². The summed E-state index contributed by atoms with van der Waals surface area (Å²) in [5, 5.41) is 6.64. The van der Waals surface area contributed by atoms with E-state index in [1.54, 1.807) is 7.05 Å². The van der Waals surface area contributed by atoms with Crippen molar-refractivity contribution in [3.05, 3.63) is 35.4 Å². The molecule has 0 bridgehead atoms. The van der Waals surface area contributed by atoms with E-state index in [0.29, 0.717) is 6.54 Å². The second-order valence-corrected chi connectivity index (χ2v) is 6.71. The summed E-state index contributed by atoms with van der Waals surface area (Å²) in [5.41, 5.74) is 1.87. The van der Waals surface area contributed by atoms with E-state index in [-0.39, 0.29) is 29.9 Å². The Morgan fingerprint density at radius 1 is 1.12 bits per heavy atom. The number of benzene rings is 1. The van der Waals surface area contributed by atoms with E-state index in [4.69, 9.17) is 0 Å². The third-order valence-electron chi connectivity index (χ3n) is 4.00. The maximum Gasteiger partial charge on any atom is 0.253 e. The molecule has 0 fully saturated rings. The molecule has 26 heavy (non-hydrogen) atoms. The van der Waals surface area contributed by atoms with Crippen LogP contribution in [-0.4, -0.2) is 55.5 Å². The summed E-state index contributed by atoms with van der Waals surface area (Å²) < 4.78 is 0. The number of nitrogens with one attached hydrogen (secondary N) is 2. The fourth-order valence-electron chi connectivity index (χ4n) is 2.44. The number of aliphatic imine (C=N–C) groups is 1.